The fraction of sp³-hybridized carbons (Fsp3) is 0.188. The molecule has 4 aromatic rings. The third kappa shape index (κ3) is 9.21. The predicted molar refractivity (Wildman–Crippen MR) is 140 cm³/mol. The van der Waals surface area contributed by atoms with Gasteiger partial charge in [-0.15, -0.1) is 0 Å². The molecule has 182 valence electrons. The molecule has 0 fully saturated rings. The second kappa shape index (κ2) is 15.0. The first-order valence-corrected chi connectivity index (χ1v) is 11.7. The molecule has 0 saturated carbocycles. The van der Waals surface area contributed by atoms with Gasteiger partial charge >= 0.3 is 0 Å². The molecule has 2 nitrogen and oxygen atoms in total. The van der Waals surface area contributed by atoms with Gasteiger partial charge in [-0.25, -0.2) is 0 Å². The van der Waals surface area contributed by atoms with E-state index in [2.05, 4.69) is 48.5 Å². The minimum Gasteiger partial charge on any atom is -0.300 e. The van der Waals surface area contributed by atoms with Gasteiger partial charge in [0.2, 0.25) is 0 Å². The first kappa shape index (κ1) is 28.1. The number of carbonyl (C=O) groups is 2. The molecular formula is C32H32O2Pd. The number of hydrogen-bond donors (Lipinski definition) is 0. The Kier molecular flexibility index (Phi) is 12.0. The Morgan fingerprint density at radius 3 is 0.829 bits per heavy atom. The molecule has 0 N–H and O–H groups in total. The van der Waals surface area contributed by atoms with E-state index in [0.717, 1.165) is 0 Å². The van der Waals surface area contributed by atoms with Crippen molar-refractivity contribution in [2.45, 2.75) is 38.5 Å². The van der Waals surface area contributed by atoms with E-state index in [1.54, 1.807) is 13.8 Å². The first-order valence-electron chi connectivity index (χ1n) is 11.7. The van der Waals surface area contributed by atoms with Crippen LogP contribution in [0.5, 0.6) is 0 Å². The summed E-state index contributed by atoms with van der Waals surface area (Å²) in [7, 11) is 0. The van der Waals surface area contributed by atoms with Crippen LogP contribution in [0.1, 0.15) is 60.8 Å². The minimum atomic E-state index is 0. The normalized spacial score (nSPS) is 10.2. The van der Waals surface area contributed by atoms with Crippen LogP contribution in [0.2, 0.25) is 0 Å². The maximum absolute atomic E-state index is 11.4. The Hall–Kier alpha value is -3.12. The molecule has 4 rings (SSSR count). The minimum absolute atomic E-state index is 0. The Bertz CT molecular complexity index is 969. The third-order valence-corrected chi connectivity index (χ3v) is 5.79. The summed E-state index contributed by atoms with van der Waals surface area (Å²) in [5.41, 5.74) is 4.81. The van der Waals surface area contributed by atoms with Crippen LogP contribution in [-0.4, -0.2) is 11.6 Å². The van der Waals surface area contributed by atoms with Gasteiger partial charge in [-0.2, -0.15) is 0 Å². The van der Waals surface area contributed by atoms with E-state index in [-0.39, 0.29) is 43.8 Å². The van der Waals surface area contributed by atoms with Crippen molar-refractivity contribution in [2.75, 3.05) is 0 Å². The second-order valence-corrected chi connectivity index (χ2v) is 8.56. The summed E-state index contributed by atoms with van der Waals surface area (Å²) in [6.07, 6.45) is 1.13. The van der Waals surface area contributed by atoms with E-state index in [0.29, 0.717) is 12.8 Å². The van der Waals surface area contributed by atoms with Crippen LogP contribution in [-0.2, 0) is 30.0 Å². The fourth-order valence-electron chi connectivity index (χ4n) is 4.17. The van der Waals surface area contributed by atoms with Gasteiger partial charge in [0, 0.05) is 45.1 Å². The zero-order valence-electron chi connectivity index (χ0n) is 20.2. The largest absolute Gasteiger partial charge is 0.300 e. The quantitative estimate of drug-likeness (QED) is 0.210. The Balaban J connectivity index is 0.000000240. The van der Waals surface area contributed by atoms with Crippen LogP contribution in [0.15, 0.2) is 121 Å². The molecule has 0 radical (unpaired) electrons. The molecule has 0 atom stereocenters. The molecule has 4 aromatic carbocycles. The van der Waals surface area contributed by atoms with Gasteiger partial charge < -0.3 is 0 Å². The zero-order valence-corrected chi connectivity index (χ0v) is 21.8. The summed E-state index contributed by atoms with van der Waals surface area (Å²) >= 11 is 0. The molecule has 35 heavy (non-hydrogen) atoms. The summed E-state index contributed by atoms with van der Waals surface area (Å²) in [6.45, 7) is 3.30. The SMILES string of the molecule is CC(=O)CC(c1ccccc1)c1ccccc1.CC(=O)CC(c1ccccc1)c1ccccc1.[Pd]. The molecular weight excluding hydrogens is 523 g/mol. The first-order chi connectivity index (χ1) is 16.5. The maximum Gasteiger partial charge on any atom is 0.130 e. The van der Waals surface area contributed by atoms with Gasteiger partial charge in [0.05, 0.1) is 0 Å². The fourth-order valence-corrected chi connectivity index (χ4v) is 4.17. The molecule has 0 spiro atoms. The summed E-state index contributed by atoms with van der Waals surface area (Å²) in [4.78, 5) is 22.8. The van der Waals surface area contributed by atoms with Gasteiger partial charge in [-0.05, 0) is 36.1 Å². The molecule has 0 heterocycles. The topological polar surface area (TPSA) is 34.1 Å². The summed E-state index contributed by atoms with van der Waals surface area (Å²) in [6, 6.07) is 40.8. The van der Waals surface area contributed by atoms with Gasteiger partial charge in [-0.3, -0.25) is 9.59 Å². The van der Waals surface area contributed by atoms with Crippen LogP contribution < -0.4 is 0 Å². The van der Waals surface area contributed by atoms with Crippen LogP contribution in [0, 0.1) is 0 Å². The van der Waals surface area contributed by atoms with Crippen molar-refractivity contribution in [3.63, 3.8) is 0 Å². The number of Topliss-reactive ketones (excluding diaryl/α,β-unsaturated/α-hetero) is 2. The maximum atomic E-state index is 11.4. The van der Waals surface area contributed by atoms with Crippen molar-refractivity contribution in [1.82, 2.24) is 0 Å². The van der Waals surface area contributed by atoms with Crippen LogP contribution in [0.25, 0.3) is 0 Å². The molecule has 0 unspecified atom stereocenters. The number of ketones is 2. The smallest absolute Gasteiger partial charge is 0.130 e. The Labute approximate surface area is 223 Å². The van der Waals surface area contributed by atoms with Crippen LogP contribution in [0.3, 0.4) is 0 Å². The molecule has 0 aliphatic rings. The third-order valence-electron chi connectivity index (χ3n) is 5.79. The van der Waals surface area contributed by atoms with Crippen molar-refractivity contribution in [2.24, 2.45) is 0 Å². The summed E-state index contributed by atoms with van der Waals surface area (Å²) in [5.74, 6) is 0.801. The van der Waals surface area contributed by atoms with Gasteiger partial charge in [-0.1, -0.05) is 121 Å². The van der Waals surface area contributed by atoms with Crippen molar-refractivity contribution in [1.29, 1.82) is 0 Å². The molecule has 0 amide bonds. The van der Waals surface area contributed by atoms with E-state index < -0.39 is 0 Å². The second-order valence-electron chi connectivity index (χ2n) is 8.56. The van der Waals surface area contributed by atoms with E-state index in [1.807, 2.05) is 72.8 Å². The van der Waals surface area contributed by atoms with E-state index in [4.69, 9.17) is 0 Å². The van der Waals surface area contributed by atoms with Gasteiger partial charge in [0.1, 0.15) is 11.6 Å². The predicted octanol–water partition coefficient (Wildman–Crippen LogP) is 7.59. The average molecular weight is 555 g/mol. The average Bonchev–Trinajstić information content (AvgIpc) is 2.88. The standard InChI is InChI=1S/2C16H16O.Pd/c2*1-13(17)12-16(14-8-4-2-5-9-14)15-10-6-3-7-11-15;/h2*2-11,16H,12H2,1H3;. The molecule has 0 aliphatic heterocycles. The van der Waals surface area contributed by atoms with E-state index in [1.165, 1.54) is 22.3 Å². The van der Waals surface area contributed by atoms with Crippen molar-refractivity contribution in [3.05, 3.63) is 144 Å². The molecule has 0 saturated heterocycles. The molecule has 0 aliphatic carbocycles. The van der Waals surface area contributed by atoms with E-state index >= 15 is 0 Å². The van der Waals surface area contributed by atoms with Gasteiger partial charge in [0.15, 0.2) is 0 Å². The zero-order chi connectivity index (χ0) is 24.2. The number of rotatable bonds is 8. The van der Waals surface area contributed by atoms with Crippen molar-refractivity contribution < 1.29 is 30.0 Å². The number of carbonyl (C=O) groups excluding carboxylic acids is 2. The number of benzene rings is 4. The van der Waals surface area contributed by atoms with E-state index in [9.17, 15) is 9.59 Å². The summed E-state index contributed by atoms with van der Waals surface area (Å²) < 4.78 is 0. The van der Waals surface area contributed by atoms with Crippen LogP contribution >= 0.6 is 0 Å². The summed E-state index contributed by atoms with van der Waals surface area (Å²) in [5, 5.41) is 0. The molecule has 0 aromatic heterocycles. The van der Waals surface area contributed by atoms with Gasteiger partial charge in [0.25, 0.3) is 0 Å². The Morgan fingerprint density at radius 2 is 0.657 bits per heavy atom. The Morgan fingerprint density at radius 1 is 0.457 bits per heavy atom. The molecule has 3 heteroatoms. The monoisotopic (exact) mass is 554 g/mol. The van der Waals surface area contributed by atoms with Crippen molar-refractivity contribution in [3.8, 4) is 0 Å². The number of hydrogen-bond acceptors (Lipinski definition) is 2. The molecule has 0 bridgehead atoms. The van der Waals surface area contributed by atoms with Crippen molar-refractivity contribution >= 4 is 11.6 Å². The van der Waals surface area contributed by atoms with Crippen LogP contribution in [0.4, 0.5) is 0 Å².